The molecule has 0 radical (unpaired) electrons. The Bertz CT molecular complexity index is 1110. The predicted molar refractivity (Wildman–Crippen MR) is 144 cm³/mol. The van der Waals surface area contributed by atoms with Crippen molar-refractivity contribution in [3.8, 4) is 5.69 Å². The van der Waals surface area contributed by atoms with Crippen molar-refractivity contribution in [3.63, 3.8) is 0 Å². The first-order valence-electron chi connectivity index (χ1n) is 13.7. The largest absolute Gasteiger partial charge is 0.465 e. The van der Waals surface area contributed by atoms with Crippen LogP contribution in [0.15, 0.2) is 24.3 Å². The van der Waals surface area contributed by atoms with Crippen LogP contribution in [0.1, 0.15) is 63.1 Å². The maximum absolute atomic E-state index is 14.7. The highest BCUT2D eigenvalue weighted by Gasteiger charge is 2.40. The topological polar surface area (TPSA) is 121 Å². The number of benzene rings is 1. The molecular weight excluding hydrogens is 505 g/mol. The monoisotopic (exact) mass is 547 g/mol. The van der Waals surface area contributed by atoms with Crippen molar-refractivity contribution in [1.82, 2.24) is 24.8 Å². The fraction of sp³-hybridized carbons (Fsp3) is 0.643. The number of aromatic nitrogens is 3. The van der Waals surface area contributed by atoms with Crippen LogP contribution in [-0.2, 0) is 11.2 Å². The van der Waals surface area contributed by atoms with Crippen LogP contribution in [0.2, 0.25) is 0 Å². The molecule has 39 heavy (non-hydrogen) atoms. The van der Waals surface area contributed by atoms with Gasteiger partial charge in [-0.3, -0.25) is 4.79 Å². The number of likely N-dealkylation sites (tertiary alicyclic amines) is 1. The summed E-state index contributed by atoms with van der Waals surface area (Å²) in [4.78, 5) is 29.1. The first-order chi connectivity index (χ1) is 18.5. The fourth-order valence-corrected chi connectivity index (χ4v) is 5.26. The summed E-state index contributed by atoms with van der Waals surface area (Å²) in [6, 6.07) is 5.75. The Morgan fingerprint density at radius 2 is 1.90 bits per heavy atom. The summed E-state index contributed by atoms with van der Waals surface area (Å²) in [7, 11) is 1.62. The molecule has 1 unspecified atom stereocenters. The number of aliphatic hydroxyl groups is 1. The molecule has 2 amide bonds. The van der Waals surface area contributed by atoms with Gasteiger partial charge in [0, 0.05) is 39.3 Å². The van der Waals surface area contributed by atoms with Gasteiger partial charge in [0.25, 0.3) is 5.91 Å². The van der Waals surface area contributed by atoms with E-state index >= 15 is 0 Å². The van der Waals surface area contributed by atoms with Crippen LogP contribution < -0.4 is 0 Å². The molecule has 216 valence electrons. The number of carbonyl (C=O) groups excluding carboxylic acids is 1. The molecule has 1 aliphatic rings. The van der Waals surface area contributed by atoms with Crippen molar-refractivity contribution in [2.45, 2.75) is 65.5 Å². The van der Waals surface area contributed by atoms with Gasteiger partial charge in [-0.05, 0) is 49.7 Å². The highest BCUT2D eigenvalue weighted by molar-refractivity contribution is 5.93. The van der Waals surface area contributed by atoms with E-state index in [9.17, 15) is 24.2 Å². The Labute approximate surface area is 229 Å². The summed E-state index contributed by atoms with van der Waals surface area (Å²) in [5, 5.41) is 29.1. The minimum Gasteiger partial charge on any atom is -0.465 e. The molecule has 3 rings (SSSR count). The van der Waals surface area contributed by atoms with Gasteiger partial charge in [-0.15, -0.1) is 5.10 Å². The van der Waals surface area contributed by atoms with Crippen LogP contribution in [0, 0.1) is 23.6 Å². The number of aliphatic hydroxyl groups excluding tert-OH is 1. The number of amides is 2. The molecule has 2 N–H and O–H groups in total. The Morgan fingerprint density at radius 3 is 2.51 bits per heavy atom. The molecule has 3 atom stereocenters. The first kappa shape index (κ1) is 30.5. The van der Waals surface area contributed by atoms with E-state index in [1.165, 1.54) is 15.6 Å². The lowest BCUT2D eigenvalue weighted by Gasteiger charge is -2.44. The summed E-state index contributed by atoms with van der Waals surface area (Å²) >= 11 is 0. The van der Waals surface area contributed by atoms with Crippen LogP contribution in [0.3, 0.4) is 0 Å². The Morgan fingerprint density at radius 1 is 1.18 bits per heavy atom. The highest BCUT2D eigenvalue weighted by Crippen LogP contribution is 2.29. The molecule has 2 heterocycles. The van der Waals surface area contributed by atoms with Gasteiger partial charge >= 0.3 is 6.09 Å². The van der Waals surface area contributed by atoms with Crippen molar-refractivity contribution in [2.75, 3.05) is 33.4 Å². The second-order valence-electron chi connectivity index (χ2n) is 11.1. The first-order valence-corrected chi connectivity index (χ1v) is 13.7. The van der Waals surface area contributed by atoms with Gasteiger partial charge in [0.15, 0.2) is 5.69 Å². The summed E-state index contributed by atoms with van der Waals surface area (Å²) < 4.78 is 21.3. The van der Waals surface area contributed by atoms with Crippen molar-refractivity contribution in [1.29, 1.82) is 0 Å². The molecule has 1 aromatic heterocycles. The Kier molecular flexibility index (Phi) is 10.8. The third kappa shape index (κ3) is 7.54. The standard InChI is InChI=1S/C28H42FN5O5/c1-18(2)15-33(21-14-20(26(35)19(3)4)16-32(17-21)28(37)38)27(36)25-24(12-8-9-13-39-5)34(31-30-25)23-11-7-6-10-22(23)29/h6-7,10-11,18-21,26,35H,8-9,12-17H2,1-5H3,(H,37,38)/t20-,21+,26?/m1/s1. The normalized spacial score (nSPS) is 18.5. The highest BCUT2D eigenvalue weighted by atomic mass is 19.1. The molecule has 2 aromatic rings. The zero-order valence-electron chi connectivity index (χ0n) is 23.6. The van der Waals surface area contributed by atoms with E-state index in [1.807, 2.05) is 27.7 Å². The summed E-state index contributed by atoms with van der Waals surface area (Å²) in [6.45, 7) is 9.04. The maximum atomic E-state index is 14.7. The molecule has 0 bridgehead atoms. The lowest BCUT2D eigenvalue weighted by atomic mass is 9.84. The Hall–Kier alpha value is -3.05. The molecule has 1 saturated heterocycles. The predicted octanol–water partition coefficient (Wildman–Crippen LogP) is 3.86. The van der Waals surface area contributed by atoms with Crippen LogP contribution in [0.25, 0.3) is 5.69 Å². The number of carboxylic acid groups (broad SMARTS) is 1. The molecule has 0 aliphatic carbocycles. The third-order valence-corrected chi connectivity index (χ3v) is 7.22. The van der Waals surface area contributed by atoms with E-state index in [0.717, 1.165) is 6.42 Å². The number of halogens is 1. The molecule has 1 fully saturated rings. The van der Waals surface area contributed by atoms with Crippen molar-refractivity contribution in [2.24, 2.45) is 17.8 Å². The van der Waals surface area contributed by atoms with E-state index < -0.39 is 24.1 Å². The Balaban J connectivity index is 2.01. The average Bonchev–Trinajstić information content (AvgIpc) is 3.32. The number of methoxy groups -OCH3 is 1. The quantitative estimate of drug-likeness (QED) is 0.387. The minimum absolute atomic E-state index is 0.0574. The van der Waals surface area contributed by atoms with E-state index in [-0.39, 0.29) is 48.1 Å². The zero-order valence-corrected chi connectivity index (χ0v) is 23.6. The third-order valence-electron chi connectivity index (χ3n) is 7.22. The number of rotatable bonds is 12. The summed E-state index contributed by atoms with van der Waals surface area (Å²) in [5.74, 6) is -1.13. The summed E-state index contributed by atoms with van der Waals surface area (Å²) in [6.07, 6.45) is 0.534. The van der Waals surface area contributed by atoms with Gasteiger partial charge in [-0.2, -0.15) is 0 Å². The molecule has 0 spiro atoms. The number of para-hydroxylation sites is 1. The second kappa shape index (κ2) is 13.8. The molecule has 10 nitrogen and oxygen atoms in total. The number of ether oxygens (including phenoxy) is 1. The average molecular weight is 548 g/mol. The molecule has 0 saturated carbocycles. The minimum atomic E-state index is -1.08. The van der Waals surface area contributed by atoms with Crippen LogP contribution in [0.4, 0.5) is 9.18 Å². The molecule has 11 heteroatoms. The molecular formula is C28H42FN5O5. The van der Waals surface area contributed by atoms with E-state index in [2.05, 4.69) is 10.3 Å². The van der Waals surface area contributed by atoms with E-state index in [4.69, 9.17) is 4.74 Å². The number of nitrogens with zero attached hydrogens (tertiary/aromatic N) is 5. The number of piperidine rings is 1. The summed E-state index contributed by atoms with van der Waals surface area (Å²) in [5.41, 5.74) is 0.834. The van der Waals surface area contributed by atoms with Gasteiger partial charge in [-0.25, -0.2) is 13.9 Å². The number of hydrogen-bond acceptors (Lipinski definition) is 6. The van der Waals surface area contributed by atoms with Crippen molar-refractivity contribution in [3.05, 3.63) is 41.5 Å². The van der Waals surface area contributed by atoms with Gasteiger partial charge in [0.2, 0.25) is 0 Å². The molecule has 1 aromatic carbocycles. The lowest BCUT2D eigenvalue weighted by molar-refractivity contribution is -0.00738. The van der Waals surface area contributed by atoms with Crippen LogP contribution >= 0.6 is 0 Å². The number of hydrogen-bond donors (Lipinski definition) is 2. The van der Waals surface area contributed by atoms with Gasteiger partial charge in [-0.1, -0.05) is 45.0 Å². The fourth-order valence-electron chi connectivity index (χ4n) is 5.26. The lowest BCUT2D eigenvalue weighted by Crippen LogP contribution is -2.57. The van der Waals surface area contributed by atoms with E-state index in [1.54, 1.807) is 30.2 Å². The maximum Gasteiger partial charge on any atom is 0.407 e. The number of carbonyl (C=O) groups is 2. The van der Waals surface area contributed by atoms with Gasteiger partial charge < -0.3 is 24.7 Å². The number of unbranched alkanes of at least 4 members (excludes halogenated alkanes) is 1. The van der Waals surface area contributed by atoms with Crippen LogP contribution in [-0.4, -0.2) is 92.5 Å². The van der Waals surface area contributed by atoms with Gasteiger partial charge in [0.1, 0.15) is 11.5 Å². The molecule has 1 aliphatic heterocycles. The smallest absolute Gasteiger partial charge is 0.407 e. The van der Waals surface area contributed by atoms with Crippen molar-refractivity contribution >= 4 is 12.0 Å². The SMILES string of the molecule is COCCCCc1c(C(=O)N(CC(C)C)[C@H]2C[C@@H](C(O)C(C)C)CN(C(=O)O)C2)nnn1-c1ccccc1F. The van der Waals surface area contributed by atoms with E-state index in [0.29, 0.717) is 38.1 Å². The van der Waals surface area contributed by atoms with Gasteiger partial charge in [0.05, 0.1) is 17.8 Å². The second-order valence-corrected chi connectivity index (χ2v) is 11.1. The van der Waals surface area contributed by atoms with Crippen molar-refractivity contribution < 1.29 is 28.9 Å². The zero-order chi connectivity index (χ0) is 28.7. The van der Waals surface area contributed by atoms with Crippen LogP contribution in [0.5, 0.6) is 0 Å².